The summed E-state index contributed by atoms with van der Waals surface area (Å²) in [5, 5.41) is 1.21. The number of carbonyl (C=O) groups excluding carboxylic acids is 1. The van der Waals surface area contributed by atoms with Gasteiger partial charge in [0, 0.05) is 43.0 Å². The third-order valence-electron chi connectivity index (χ3n) is 7.93. The zero-order valence-corrected chi connectivity index (χ0v) is 24.6. The lowest BCUT2D eigenvalue weighted by atomic mass is 9.84. The molecule has 208 valence electrons. The van der Waals surface area contributed by atoms with Gasteiger partial charge in [-0.15, -0.1) is 0 Å². The Kier molecular flexibility index (Phi) is 7.50. The van der Waals surface area contributed by atoms with Gasteiger partial charge in [0.25, 0.3) is 0 Å². The highest BCUT2D eigenvalue weighted by Crippen LogP contribution is 2.44. The van der Waals surface area contributed by atoms with Gasteiger partial charge in [-0.3, -0.25) is 9.69 Å². The Morgan fingerprint density at radius 2 is 1.77 bits per heavy atom. The van der Waals surface area contributed by atoms with Crippen LogP contribution in [0.3, 0.4) is 0 Å². The van der Waals surface area contributed by atoms with Crippen molar-refractivity contribution >= 4 is 28.7 Å². The summed E-state index contributed by atoms with van der Waals surface area (Å²) in [5.74, 6) is 1.34. The first kappa shape index (κ1) is 27.6. The Morgan fingerprint density at radius 3 is 2.50 bits per heavy atom. The first-order valence-electron chi connectivity index (χ1n) is 14.2. The van der Waals surface area contributed by atoms with Crippen molar-refractivity contribution in [1.82, 2.24) is 9.47 Å². The fraction of sp³-hybridized carbons (Fsp3) is 0.343. The van der Waals surface area contributed by atoms with Gasteiger partial charge in [-0.05, 0) is 92.1 Å². The second kappa shape index (κ2) is 10.9. The van der Waals surface area contributed by atoms with Crippen LogP contribution in [-0.4, -0.2) is 34.1 Å². The van der Waals surface area contributed by atoms with E-state index in [1.165, 1.54) is 16.5 Å². The van der Waals surface area contributed by atoms with Gasteiger partial charge in [0.2, 0.25) is 6.41 Å². The number of para-hydroxylation sites is 1. The zero-order chi connectivity index (χ0) is 28.6. The smallest absolute Gasteiger partial charge is 0.218 e. The van der Waals surface area contributed by atoms with Crippen LogP contribution in [-0.2, 0) is 16.6 Å². The normalized spacial score (nSPS) is 17.4. The second-order valence-electron chi connectivity index (χ2n) is 12.2. The molecule has 3 aromatic carbocycles. The molecule has 2 atom stereocenters. The van der Waals surface area contributed by atoms with Crippen LogP contribution in [0.2, 0.25) is 0 Å². The Labute approximate surface area is 238 Å². The molecule has 1 aliphatic heterocycles. The molecule has 5 rings (SSSR count). The molecule has 40 heavy (non-hydrogen) atoms. The molecular weight excluding hydrogens is 494 g/mol. The first-order chi connectivity index (χ1) is 19.1. The molecule has 2 heterocycles. The number of aromatic nitrogens is 1. The maximum absolute atomic E-state index is 12.7. The molecule has 1 amide bonds. The fourth-order valence-electron chi connectivity index (χ4n) is 6.24. The van der Waals surface area contributed by atoms with Crippen LogP contribution in [0.5, 0.6) is 0 Å². The molecule has 0 aliphatic carbocycles. The molecule has 0 saturated carbocycles. The van der Waals surface area contributed by atoms with E-state index in [9.17, 15) is 4.79 Å². The Bertz CT molecular complexity index is 1530. The van der Waals surface area contributed by atoms with Gasteiger partial charge in [-0.1, -0.05) is 56.3 Å². The van der Waals surface area contributed by atoms with Gasteiger partial charge in [0.15, 0.2) is 5.88 Å². The molecule has 0 spiro atoms. The van der Waals surface area contributed by atoms with Crippen molar-refractivity contribution in [3.8, 4) is 11.1 Å². The number of carbonyl (C=O) groups is 1. The van der Waals surface area contributed by atoms with Crippen molar-refractivity contribution in [2.24, 2.45) is 13.0 Å². The number of amides is 1. The molecule has 5 nitrogen and oxygen atoms in total. The molecule has 5 heteroatoms. The number of rotatable bonds is 8. The van der Waals surface area contributed by atoms with E-state index in [0.29, 0.717) is 5.92 Å². The number of benzene rings is 3. The Balaban J connectivity index is 1.50. The fourth-order valence-corrected chi connectivity index (χ4v) is 6.24. The molecule has 2 unspecified atom stereocenters. The lowest BCUT2D eigenvalue weighted by molar-refractivity contribution is -0.106. The lowest BCUT2D eigenvalue weighted by Crippen LogP contribution is -2.38. The molecule has 0 bridgehead atoms. The van der Waals surface area contributed by atoms with Crippen molar-refractivity contribution in [1.29, 1.82) is 0 Å². The third-order valence-corrected chi connectivity index (χ3v) is 7.93. The SMILES string of the molecule is C=C(OC(C)(C)C)N1CCC(c2ccccc2N(C=O)c2cccc(-c3ccc4ccn(C)c4c3)c2)C1C(C)C. The summed E-state index contributed by atoms with van der Waals surface area (Å²) in [5.41, 5.74) is 6.03. The standard InChI is InChI=1S/C35H41N3O2/c1-24(2)34-31(18-20-37(34)25(3)40-35(4,5)6)30-13-8-9-14-32(30)38(23-39)29-12-10-11-27(21-29)28-16-15-26-17-19-36(7)33(26)22-28/h8-17,19,21-24,31,34H,3,18,20H2,1-2,4-7H3. The van der Waals surface area contributed by atoms with E-state index in [4.69, 9.17) is 4.74 Å². The number of ether oxygens (including phenoxy) is 1. The number of anilines is 2. The van der Waals surface area contributed by atoms with Crippen LogP contribution >= 0.6 is 0 Å². The zero-order valence-electron chi connectivity index (χ0n) is 24.6. The number of hydrogen-bond donors (Lipinski definition) is 0. The second-order valence-corrected chi connectivity index (χ2v) is 12.2. The van der Waals surface area contributed by atoms with Gasteiger partial charge < -0.3 is 14.2 Å². The Morgan fingerprint density at radius 1 is 1.02 bits per heavy atom. The number of likely N-dealkylation sites (tertiary alicyclic amines) is 1. The van der Waals surface area contributed by atoms with Crippen molar-refractivity contribution in [2.45, 2.75) is 58.6 Å². The monoisotopic (exact) mass is 535 g/mol. The van der Waals surface area contributed by atoms with E-state index in [-0.39, 0.29) is 17.6 Å². The minimum Gasteiger partial charge on any atom is -0.474 e. The maximum Gasteiger partial charge on any atom is 0.218 e. The average Bonchev–Trinajstić information content (AvgIpc) is 3.53. The van der Waals surface area contributed by atoms with Crippen molar-refractivity contribution < 1.29 is 9.53 Å². The highest BCUT2D eigenvalue weighted by atomic mass is 16.5. The summed E-state index contributed by atoms with van der Waals surface area (Å²) in [6.07, 6.45) is 3.99. The van der Waals surface area contributed by atoms with Crippen molar-refractivity contribution in [3.05, 3.63) is 97.0 Å². The molecule has 0 radical (unpaired) electrons. The summed E-state index contributed by atoms with van der Waals surface area (Å²) in [7, 11) is 2.06. The van der Waals surface area contributed by atoms with E-state index in [1.54, 1.807) is 4.90 Å². The van der Waals surface area contributed by atoms with Crippen LogP contribution in [0.15, 0.2) is 91.5 Å². The quantitative estimate of drug-likeness (QED) is 0.168. The van der Waals surface area contributed by atoms with Gasteiger partial charge in [0.05, 0.1) is 5.69 Å². The summed E-state index contributed by atoms with van der Waals surface area (Å²) in [6.45, 7) is 15.8. The summed E-state index contributed by atoms with van der Waals surface area (Å²) in [6, 6.07) is 25.4. The molecule has 4 aromatic rings. The van der Waals surface area contributed by atoms with Gasteiger partial charge in [0.1, 0.15) is 5.60 Å². The number of fused-ring (bicyclic) bond motifs is 1. The first-order valence-corrected chi connectivity index (χ1v) is 14.2. The summed E-state index contributed by atoms with van der Waals surface area (Å²) < 4.78 is 8.33. The molecule has 0 N–H and O–H groups in total. The van der Waals surface area contributed by atoms with E-state index in [0.717, 1.165) is 47.8 Å². The minimum absolute atomic E-state index is 0.216. The minimum atomic E-state index is -0.307. The van der Waals surface area contributed by atoms with Crippen LogP contribution in [0.4, 0.5) is 11.4 Å². The molecule has 1 aromatic heterocycles. The predicted octanol–water partition coefficient (Wildman–Crippen LogP) is 8.24. The number of aryl methyl sites for hydroxylation is 1. The summed E-state index contributed by atoms with van der Waals surface area (Å²) >= 11 is 0. The maximum atomic E-state index is 12.7. The van der Waals surface area contributed by atoms with E-state index in [1.807, 2.05) is 18.2 Å². The van der Waals surface area contributed by atoms with Crippen LogP contribution in [0.1, 0.15) is 52.5 Å². The van der Waals surface area contributed by atoms with E-state index in [2.05, 4.69) is 119 Å². The average molecular weight is 536 g/mol. The molecular formula is C35H41N3O2. The topological polar surface area (TPSA) is 37.7 Å². The van der Waals surface area contributed by atoms with Crippen LogP contribution in [0.25, 0.3) is 22.0 Å². The van der Waals surface area contributed by atoms with Gasteiger partial charge >= 0.3 is 0 Å². The molecule has 1 fully saturated rings. The lowest BCUT2D eigenvalue weighted by Gasteiger charge is -2.37. The van der Waals surface area contributed by atoms with Crippen molar-refractivity contribution in [3.63, 3.8) is 0 Å². The van der Waals surface area contributed by atoms with Gasteiger partial charge in [-0.25, -0.2) is 0 Å². The number of hydrogen-bond acceptors (Lipinski definition) is 3. The van der Waals surface area contributed by atoms with E-state index >= 15 is 0 Å². The van der Waals surface area contributed by atoms with Gasteiger partial charge in [-0.2, -0.15) is 0 Å². The molecule has 1 saturated heterocycles. The van der Waals surface area contributed by atoms with Crippen LogP contribution < -0.4 is 4.90 Å². The van der Waals surface area contributed by atoms with E-state index < -0.39 is 0 Å². The molecule has 1 aliphatic rings. The summed E-state index contributed by atoms with van der Waals surface area (Å²) in [4.78, 5) is 16.8. The highest BCUT2D eigenvalue weighted by molar-refractivity contribution is 5.90. The third kappa shape index (κ3) is 5.38. The predicted molar refractivity (Wildman–Crippen MR) is 166 cm³/mol. The highest BCUT2D eigenvalue weighted by Gasteiger charge is 2.40. The largest absolute Gasteiger partial charge is 0.474 e. The van der Waals surface area contributed by atoms with Crippen molar-refractivity contribution in [2.75, 3.05) is 11.4 Å². The number of nitrogens with zero attached hydrogens (tertiary/aromatic N) is 3. The Hall–Kier alpha value is -3.99. The van der Waals surface area contributed by atoms with Crippen LogP contribution in [0, 0.1) is 5.92 Å².